The summed E-state index contributed by atoms with van der Waals surface area (Å²) >= 11 is 1.59. The fraction of sp³-hybridized carbons (Fsp3) is 0.636. The fourth-order valence-corrected chi connectivity index (χ4v) is 2.99. The van der Waals surface area contributed by atoms with Gasteiger partial charge in [-0.15, -0.1) is 11.3 Å². The van der Waals surface area contributed by atoms with Crippen LogP contribution in [0, 0.1) is 0 Å². The molecule has 1 atom stereocenters. The van der Waals surface area contributed by atoms with Gasteiger partial charge in [-0.2, -0.15) is 0 Å². The second-order valence-electron chi connectivity index (χ2n) is 4.49. The second-order valence-corrected chi connectivity index (χ2v) is 5.57. The largest absolute Gasteiger partial charge is 0.481 e. The third-order valence-corrected chi connectivity index (χ3v) is 3.94. The number of thiazole rings is 1. The van der Waals surface area contributed by atoms with Crippen molar-refractivity contribution in [1.82, 2.24) is 9.88 Å². The molecule has 0 fully saturated rings. The van der Waals surface area contributed by atoms with Gasteiger partial charge in [0.1, 0.15) is 5.92 Å². The number of carboxylic acid groups (broad SMARTS) is 1. The van der Waals surface area contributed by atoms with E-state index < -0.39 is 11.9 Å². The molecule has 0 saturated heterocycles. The average Bonchev–Trinajstić information content (AvgIpc) is 2.75. The molecule has 1 aromatic rings. The number of aliphatic carboxylic acids is 1. The first kappa shape index (κ1) is 12.3. The third kappa shape index (κ3) is 2.76. The van der Waals surface area contributed by atoms with E-state index in [2.05, 4.69) is 15.2 Å². The number of aromatic nitrogens is 1. The Morgan fingerprint density at radius 1 is 1.65 bits per heavy atom. The smallest absolute Gasteiger partial charge is 0.312 e. The van der Waals surface area contributed by atoms with Crippen LogP contribution in [-0.4, -0.2) is 48.1 Å². The Labute approximate surface area is 104 Å². The minimum atomic E-state index is -0.756. The Hall–Kier alpha value is -1.14. The summed E-state index contributed by atoms with van der Waals surface area (Å²) in [5, 5.41) is 13.1. The van der Waals surface area contributed by atoms with Crippen LogP contribution in [-0.2, 0) is 11.2 Å². The molecule has 1 aromatic heterocycles. The van der Waals surface area contributed by atoms with Gasteiger partial charge >= 0.3 is 5.97 Å². The van der Waals surface area contributed by atoms with Crippen molar-refractivity contribution >= 4 is 22.4 Å². The molecule has 0 bridgehead atoms. The van der Waals surface area contributed by atoms with E-state index in [9.17, 15) is 4.79 Å². The van der Waals surface area contributed by atoms with Crippen LogP contribution in [0.15, 0.2) is 0 Å². The van der Waals surface area contributed by atoms with Gasteiger partial charge in [-0.3, -0.25) is 4.79 Å². The average molecular weight is 255 g/mol. The van der Waals surface area contributed by atoms with E-state index in [-0.39, 0.29) is 0 Å². The summed E-state index contributed by atoms with van der Waals surface area (Å²) in [4.78, 5) is 18.6. The van der Waals surface area contributed by atoms with E-state index in [1.165, 1.54) is 0 Å². The molecule has 6 heteroatoms. The number of aryl methyl sites for hydroxylation is 1. The van der Waals surface area contributed by atoms with Crippen molar-refractivity contribution in [1.29, 1.82) is 0 Å². The molecule has 0 aromatic carbocycles. The van der Waals surface area contributed by atoms with Crippen molar-refractivity contribution in [2.75, 3.05) is 32.5 Å². The van der Waals surface area contributed by atoms with Gasteiger partial charge in [0.25, 0.3) is 0 Å². The Morgan fingerprint density at radius 2 is 2.41 bits per heavy atom. The summed E-state index contributed by atoms with van der Waals surface area (Å²) < 4.78 is 0. The first-order valence-corrected chi connectivity index (χ1v) is 6.50. The minimum absolute atomic E-state index is 0.398. The van der Waals surface area contributed by atoms with Crippen LogP contribution >= 0.6 is 11.3 Å². The molecule has 2 rings (SSSR count). The standard InChI is InChI=1S/C11H17N3O2S/c1-14(2)6-5-12-11-13-9-7(10(15)16)3-4-8(9)17-11/h7H,3-6H2,1-2H3,(H,12,13)(H,15,16). The zero-order valence-corrected chi connectivity index (χ0v) is 10.9. The first-order chi connectivity index (χ1) is 8.08. The van der Waals surface area contributed by atoms with Gasteiger partial charge < -0.3 is 15.3 Å². The molecule has 17 heavy (non-hydrogen) atoms. The van der Waals surface area contributed by atoms with Gasteiger partial charge in [0, 0.05) is 18.0 Å². The number of carbonyl (C=O) groups is 1. The molecule has 0 aliphatic heterocycles. The number of hydrogen-bond acceptors (Lipinski definition) is 5. The molecule has 1 unspecified atom stereocenters. The number of fused-ring (bicyclic) bond motifs is 1. The topological polar surface area (TPSA) is 65.5 Å². The summed E-state index contributed by atoms with van der Waals surface area (Å²) in [6.45, 7) is 1.77. The third-order valence-electron chi connectivity index (χ3n) is 2.85. The molecule has 94 valence electrons. The predicted molar refractivity (Wildman–Crippen MR) is 67.9 cm³/mol. The Morgan fingerprint density at radius 3 is 3.06 bits per heavy atom. The van der Waals surface area contributed by atoms with Crippen LogP contribution in [0.5, 0.6) is 0 Å². The van der Waals surface area contributed by atoms with Crippen molar-refractivity contribution in [3.8, 4) is 0 Å². The van der Waals surface area contributed by atoms with Crippen LogP contribution in [0.1, 0.15) is 22.9 Å². The quantitative estimate of drug-likeness (QED) is 0.828. The lowest BCUT2D eigenvalue weighted by atomic mass is 10.1. The number of hydrogen-bond donors (Lipinski definition) is 2. The van der Waals surface area contributed by atoms with Crippen LogP contribution in [0.2, 0.25) is 0 Å². The van der Waals surface area contributed by atoms with E-state index in [0.717, 1.165) is 35.2 Å². The first-order valence-electron chi connectivity index (χ1n) is 5.69. The number of anilines is 1. The molecule has 2 N–H and O–H groups in total. The summed E-state index contributed by atoms with van der Waals surface area (Å²) in [6, 6.07) is 0. The Balaban J connectivity index is 1.99. The van der Waals surface area contributed by atoms with Gasteiger partial charge in [0.15, 0.2) is 5.13 Å². The lowest BCUT2D eigenvalue weighted by molar-refractivity contribution is -0.138. The predicted octanol–water partition coefficient (Wildman–Crippen LogP) is 1.23. The number of rotatable bonds is 5. The van der Waals surface area contributed by atoms with E-state index in [0.29, 0.717) is 6.42 Å². The van der Waals surface area contributed by atoms with Gasteiger partial charge in [0.2, 0.25) is 0 Å². The van der Waals surface area contributed by atoms with Gasteiger partial charge in [-0.25, -0.2) is 4.98 Å². The Kier molecular flexibility index (Phi) is 3.63. The molecule has 0 saturated carbocycles. The van der Waals surface area contributed by atoms with Gasteiger partial charge in [-0.05, 0) is 26.9 Å². The van der Waals surface area contributed by atoms with Gasteiger partial charge in [0.05, 0.1) is 5.69 Å². The normalized spacial score (nSPS) is 18.4. The Bertz CT molecular complexity index is 417. The molecule has 1 heterocycles. The maximum Gasteiger partial charge on any atom is 0.312 e. The number of likely N-dealkylation sites (N-methyl/N-ethyl adjacent to an activating group) is 1. The van der Waals surface area contributed by atoms with Crippen molar-refractivity contribution in [2.45, 2.75) is 18.8 Å². The highest BCUT2D eigenvalue weighted by molar-refractivity contribution is 7.15. The molecule has 0 amide bonds. The van der Waals surface area contributed by atoms with E-state index in [4.69, 9.17) is 5.11 Å². The summed E-state index contributed by atoms with van der Waals surface area (Å²) in [5.74, 6) is -1.15. The van der Waals surface area contributed by atoms with Crippen molar-refractivity contribution < 1.29 is 9.90 Å². The maximum atomic E-state index is 11.0. The minimum Gasteiger partial charge on any atom is -0.481 e. The van der Waals surface area contributed by atoms with Crippen LogP contribution in [0.4, 0.5) is 5.13 Å². The van der Waals surface area contributed by atoms with Crippen molar-refractivity contribution in [2.24, 2.45) is 0 Å². The molecule has 1 aliphatic carbocycles. The van der Waals surface area contributed by atoms with Gasteiger partial charge in [-0.1, -0.05) is 0 Å². The van der Waals surface area contributed by atoms with Crippen LogP contribution in [0.3, 0.4) is 0 Å². The van der Waals surface area contributed by atoms with E-state index in [1.54, 1.807) is 11.3 Å². The summed E-state index contributed by atoms with van der Waals surface area (Å²) in [5.41, 5.74) is 0.773. The van der Waals surface area contributed by atoms with Crippen molar-refractivity contribution in [3.05, 3.63) is 10.6 Å². The van der Waals surface area contributed by atoms with Crippen molar-refractivity contribution in [3.63, 3.8) is 0 Å². The molecular formula is C11H17N3O2S. The lowest BCUT2D eigenvalue weighted by Crippen LogP contribution is -2.20. The van der Waals surface area contributed by atoms with Crippen LogP contribution in [0.25, 0.3) is 0 Å². The number of nitrogens with zero attached hydrogens (tertiary/aromatic N) is 2. The zero-order valence-electron chi connectivity index (χ0n) is 10.1. The monoisotopic (exact) mass is 255 g/mol. The zero-order chi connectivity index (χ0) is 12.4. The SMILES string of the molecule is CN(C)CCNc1nc2c(s1)CCC2C(=O)O. The highest BCUT2D eigenvalue weighted by Gasteiger charge is 2.32. The van der Waals surface area contributed by atoms with Crippen LogP contribution < -0.4 is 5.32 Å². The summed E-state index contributed by atoms with van der Waals surface area (Å²) in [6.07, 6.45) is 1.54. The van der Waals surface area contributed by atoms with E-state index in [1.807, 2.05) is 14.1 Å². The molecular weight excluding hydrogens is 238 g/mol. The molecule has 1 aliphatic rings. The molecule has 0 radical (unpaired) electrons. The highest BCUT2D eigenvalue weighted by atomic mass is 32.1. The molecule has 5 nitrogen and oxygen atoms in total. The fourth-order valence-electron chi connectivity index (χ4n) is 1.93. The van der Waals surface area contributed by atoms with E-state index >= 15 is 0 Å². The highest BCUT2D eigenvalue weighted by Crippen LogP contribution is 2.38. The maximum absolute atomic E-state index is 11.0. The lowest BCUT2D eigenvalue weighted by Gasteiger charge is -2.09. The number of carboxylic acids is 1. The summed E-state index contributed by atoms with van der Waals surface area (Å²) in [7, 11) is 4.04. The second kappa shape index (κ2) is 5.01. The number of nitrogens with one attached hydrogen (secondary N) is 1. The molecule has 0 spiro atoms.